The van der Waals surface area contributed by atoms with Crippen LogP contribution in [-0.2, 0) is 14.2 Å². The predicted molar refractivity (Wildman–Crippen MR) is 87.1 cm³/mol. The highest BCUT2D eigenvalue weighted by Gasteiger charge is 2.36. The van der Waals surface area contributed by atoms with Crippen molar-refractivity contribution in [1.82, 2.24) is 4.90 Å². The summed E-state index contributed by atoms with van der Waals surface area (Å²) in [5, 5.41) is 0. The number of rotatable bonds is 7. The van der Waals surface area contributed by atoms with Crippen LogP contribution in [0.4, 0.5) is 4.79 Å². The maximum atomic E-state index is 12.1. The predicted octanol–water partition coefficient (Wildman–Crippen LogP) is 3.61. The number of hydrogen-bond donors (Lipinski definition) is 0. The molecule has 1 amide bonds. The highest BCUT2D eigenvalue weighted by atomic mass is 16.6. The van der Waals surface area contributed by atoms with E-state index in [-0.39, 0.29) is 11.7 Å². The van der Waals surface area contributed by atoms with Gasteiger partial charge in [0, 0.05) is 32.9 Å². The molecule has 0 radical (unpaired) electrons. The van der Waals surface area contributed by atoms with Gasteiger partial charge in [-0.25, -0.2) is 4.79 Å². The van der Waals surface area contributed by atoms with Crippen molar-refractivity contribution >= 4 is 6.09 Å². The van der Waals surface area contributed by atoms with Crippen LogP contribution in [0.2, 0.25) is 0 Å². The molecule has 0 aromatic heterocycles. The fraction of sp³-hybridized carbons (Fsp3) is 0.941. The van der Waals surface area contributed by atoms with Gasteiger partial charge >= 0.3 is 6.09 Å². The number of hydrogen-bond acceptors (Lipinski definition) is 4. The first-order valence-corrected chi connectivity index (χ1v) is 8.51. The van der Waals surface area contributed by atoms with Gasteiger partial charge in [-0.15, -0.1) is 0 Å². The summed E-state index contributed by atoms with van der Waals surface area (Å²) in [6.07, 6.45) is 3.43. The van der Waals surface area contributed by atoms with Gasteiger partial charge in [-0.05, 0) is 53.4 Å². The Labute approximate surface area is 135 Å². The summed E-state index contributed by atoms with van der Waals surface area (Å²) in [6, 6.07) is 0. The fourth-order valence-corrected chi connectivity index (χ4v) is 2.62. The molecule has 1 saturated heterocycles. The molecule has 1 fully saturated rings. The Morgan fingerprint density at radius 1 is 1.14 bits per heavy atom. The second-order valence-corrected chi connectivity index (χ2v) is 6.90. The summed E-state index contributed by atoms with van der Waals surface area (Å²) in [5.74, 6) is 0. The second-order valence-electron chi connectivity index (χ2n) is 6.90. The Bertz CT molecular complexity index is 330. The van der Waals surface area contributed by atoms with Gasteiger partial charge in [0.25, 0.3) is 0 Å². The van der Waals surface area contributed by atoms with Crippen LogP contribution < -0.4 is 0 Å². The number of nitrogens with zero attached hydrogens (tertiary/aromatic N) is 1. The van der Waals surface area contributed by atoms with E-state index in [0.717, 1.165) is 45.5 Å². The lowest BCUT2D eigenvalue weighted by Gasteiger charge is -2.41. The lowest BCUT2D eigenvalue weighted by molar-refractivity contribution is -0.0905. The van der Waals surface area contributed by atoms with Crippen LogP contribution in [0.25, 0.3) is 0 Å². The number of carbonyl (C=O) groups excluding carboxylic acids is 1. The zero-order chi connectivity index (χ0) is 16.6. The van der Waals surface area contributed by atoms with Gasteiger partial charge in [0.05, 0.1) is 5.60 Å². The summed E-state index contributed by atoms with van der Waals surface area (Å²) in [7, 11) is 0. The van der Waals surface area contributed by atoms with E-state index in [0.29, 0.717) is 13.1 Å². The molecular formula is C17H33NO4. The van der Waals surface area contributed by atoms with Crippen molar-refractivity contribution in [1.29, 1.82) is 0 Å². The topological polar surface area (TPSA) is 48.0 Å². The lowest BCUT2D eigenvalue weighted by atomic mass is 9.88. The molecule has 22 heavy (non-hydrogen) atoms. The van der Waals surface area contributed by atoms with Crippen LogP contribution in [0, 0.1) is 0 Å². The number of likely N-dealkylation sites (tertiary alicyclic amines) is 1. The molecule has 1 heterocycles. The van der Waals surface area contributed by atoms with E-state index in [2.05, 4.69) is 6.92 Å². The molecule has 0 N–H and O–H groups in total. The molecule has 1 rings (SSSR count). The van der Waals surface area contributed by atoms with Crippen molar-refractivity contribution in [2.45, 2.75) is 71.5 Å². The highest BCUT2D eigenvalue weighted by molar-refractivity contribution is 5.68. The highest BCUT2D eigenvalue weighted by Crippen LogP contribution is 2.30. The van der Waals surface area contributed by atoms with E-state index in [1.165, 1.54) is 0 Å². The average Bonchev–Trinajstić information content (AvgIpc) is 2.46. The molecule has 5 heteroatoms. The van der Waals surface area contributed by atoms with Crippen LogP contribution in [-0.4, -0.2) is 55.1 Å². The van der Waals surface area contributed by atoms with Crippen LogP contribution in [0.15, 0.2) is 0 Å². The fourth-order valence-electron chi connectivity index (χ4n) is 2.62. The quantitative estimate of drug-likeness (QED) is 0.673. The second kappa shape index (κ2) is 8.73. The molecule has 0 aliphatic carbocycles. The van der Waals surface area contributed by atoms with Crippen molar-refractivity contribution in [2.24, 2.45) is 0 Å². The van der Waals surface area contributed by atoms with Crippen LogP contribution in [0.5, 0.6) is 0 Å². The average molecular weight is 315 g/mol. The maximum Gasteiger partial charge on any atom is 0.410 e. The molecule has 0 unspecified atom stereocenters. The standard InChI is InChI=1S/C17H33NO4/c1-6-17(21-14-8-13-20-7-2)9-11-18(12-10-17)15(19)22-16(3,4)5/h6-14H2,1-5H3. The number of ether oxygens (including phenoxy) is 3. The molecule has 1 aliphatic heterocycles. The van der Waals surface area contributed by atoms with E-state index in [4.69, 9.17) is 14.2 Å². The molecule has 0 saturated carbocycles. The lowest BCUT2D eigenvalue weighted by Crippen LogP contribution is -2.49. The third kappa shape index (κ3) is 6.53. The van der Waals surface area contributed by atoms with E-state index < -0.39 is 5.60 Å². The van der Waals surface area contributed by atoms with Crippen molar-refractivity contribution in [3.05, 3.63) is 0 Å². The molecular weight excluding hydrogens is 282 g/mol. The molecule has 0 aromatic carbocycles. The van der Waals surface area contributed by atoms with Gasteiger partial charge in [-0.3, -0.25) is 0 Å². The Kier molecular flexibility index (Phi) is 7.63. The minimum atomic E-state index is -0.438. The van der Waals surface area contributed by atoms with Gasteiger partial charge in [-0.1, -0.05) is 6.92 Å². The van der Waals surface area contributed by atoms with E-state index in [9.17, 15) is 4.79 Å². The molecule has 0 spiro atoms. The first-order chi connectivity index (χ1) is 10.3. The van der Waals surface area contributed by atoms with Crippen LogP contribution in [0.1, 0.15) is 60.3 Å². The minimum Gasteiger partial charge on any atom is -0.444 e. The number of piperidine rings is 1. The number of amides is 1. The van der Waals surface area contributed by atoms with E-state index in [1.807, 2.05) is 27.7 Å². The third-order valence-electron chi connectivity index (χ3n) is 4.02. The third-order valence-corrected chi connectivity index (χ3v) is 4.02. The van der Waals surface area contributed by atoms with Gasteiger partial charge in [0.1, 0.15) is 5.60 Å². The normalized spacial score (nSPS) is 18.3. The molecule has 5 nitrogen and oxygen atoms in total. The summed E-state index contributed by atoms with van der Waals surface area (Å²) < 4.78 is 16.9. The molecule has 130 valence electrons. The van der Waals surface area contributed by atoms with Gasteiger partial charge < -0.3 is 19.1 Å². The van der Waals surface area contributed by atoms with Gasteiger partial charge in [0.2, 0.25) is 0 Å². The van der Waals surface area contributed by atoms with Crippen LogP contribution >= 0.6 is 0 Å². The van der Waals surface area contributed by atoms with Crippen molar-refractivity contribution < 1.29 is 19.0 Å². The summed E-state index contributed by atoms with van der Waals surface area (Å²) in [6.45, 7) is 13.5. The van der Waals surface area contributed by atoms with Crippen molar-refractivity contribution in [3.63, 3.8) is 0 Å². The first kappa shape index (κ1) is 19.2. The Morgan fingerprint density at radius 3 is 2.27 bits per heavy atom. The molecule has 1 aliphatic rings. The summed E-state index contributed by atoms with van der Waals surface area (Å²) in [4.78, 5) is 13.9. The van der Waals surface area contributed by atoms with Crippen molar-refractivity contribution in [2.75, 3.05) is 32.9 Å². The Hall–Kier alpha value is -0.810. The van der Waals surface area contributed by atoms with Crippen molar-refractivity contribution in [3.8, 4) is 0 Å². The Balaban J connectivity index is 2.38. The molecule has 0 bridgehead atoms. The molecule has 0 aromatic rings. The monoisotopic (exact) mass is 315 g/mol. The zero-order valence-electron chi connectivity index (χ0n) is 14.9. The summed E-state index contributed by atoms with van der Waals surface area (Å²) in [5.41, 5.74) is -0.531. The van der Waals surface area contributed by atoms with E-state index in [1.54, 1.807) is 4.90 Å². The summed E-state index contributed by atoms with van der Waals surface area (Å²) >= 11 is 0. The largest absolute Gasteiger partial charge is 0.444 e. The molecule has 0 atom stereocenters. The van der Waals surface area contributed by atoms with E-state index >= 15 is 0 Å². The SMILES string of the molecule is CCOCCCOC1(CC)CCN(C(=O)OC(C)(C)C)CC1. The van der Waals surface area contributed by atoms with Gasteiger partial charge in [0.15, 0.2) is 0 Å². The van der Waals surface area contributed by atoms with Crippen LogP contribution in [0.3, 0.4) is 0 Å². The smallest absolute Gasteiger partial charge is 0.410 e. The zero-order valence-corrected chi connectivity index (χ0v) is 14.9. The first-order valence-electron chi connectivity index (χ1n) is 8.51. The van der Waals surface area contributed by atoms with Gasteiger partial charge in [-0.2, -0.15) is 0 Å². The minimum absolute atomic E-state index is 0.0925. The number of carbonyl (C=O) groups is 1. The maximum absolute atomic E-state index is 12.1. The Morgan fingerprint density at radius 2 is 1.77 bits per heavy atom.